The fourth-order valence-electron chi connectivity index (χ4n) is 2.13. The van der Waals surface area contributed by atoms with Gasteiger partial charge in [-0.3, -0.25) is 4.98 Å². The number of halogens is 1. The number of aromatic nitrogens is 2. The first-order valence-corrected chi connectivity index (χ1v) is 5.99. The maximum absolute atomic E-state index is 6.02. The predicted molar refractivity (Wildman–Crippen MR) is 75.6 cm³/mol. The van der Waals surface area contributed by atoms with Crippen LogP contribution in [0.3, 0.4) is 0 Å². The van der Waals surface area contributed by atoms with Gasteiger partial charge in [-0.05, 0) is 24.3 Å². The van der Waals surface area contributed by atoms with Crippen LogP contribution in [-0.4, -0.2) is 9.55 Å². The molecule has 0 aliphatic rings. The van der Waals surface area contributed by atoms with Crippen LogP contribution >= 0.6 is 11.6 Å². The maximum atomic E-state index is 6.02. The molecule has 3 aromatic rings. The van der Waals surface area contributed by atoms with E-state index in [9.17, 15) is 0 Å². The second-order valence-corrected chi connectivity index (χ2v) is 4.73. The van der Waals surface area contributed by atoms with Crippen LogP contribution in [0, 0.1) is 0 Å². The highest BCUT2D eigenvalue weighted by molar-refractivity contribution is 6.31. The summed E-state index contributed by atoms with van der Waals surface area (Å²) in [6.07, 6.45) is 3.73. The van der Waals surface area contributed by atoms with Crippen LogP contribution in [0.4, 0.5) is 5.69 Å². The van der Waals surface area contributed by atoms with Gasteiger partial charge in [-0.25, -0.2) is 0 Å². The highest BCUT2D eigenvalue weighted by Crippen LogP contribution is 2.30. The minimum atomic E-state index is 0.669. The Bertz CT molecular complexity index is 714. The lowest BCUT2D eigenvalue weighted by molar-refractivity contribution is 0.969. The third kappa shape index (κ3) is 1.73. The van der Waals surface area contributed by atoms with E-state index in [1.807, 2.05) is 37.4 Å². The Labute approximate surface area is 110 Å². The minimum Gasteiger partial charge on any atom is -0.397 e. The first kappa shape index (κ1) is 11.1. The smallest absolute Gasteiger partial charge is 0.0725 e. The van der Waals surface area contributed by atoms with Crippen molar-refractivity contribution in [3.05, 3.63) is 47.7 Å². The molecule has 3 rings (SSSR count). The fourth-order valence-corrected chi connectivity index (χ4v) is 2.29. The summed E-state index contributed by atoms with van der Waals surface area (Å²) < 4.78 is 2.05. The molecule has 90 valence electrons. The molecule has 2 aromatic heterocycles. The van der Waals surface area contributed by atoms with Crippen molar-refractivity contribution in [3.63, 3.8) is 0 Å². The standard InChI is InChI=1S/C14H12ClN3/c1-18-8-12(13-5-3-10(16)7-17-13)11-4-2-9(15)6-14(11)18/h2-8H,16H2,1H3. The number of anilines is 1. The zero-order valence-corrected chi connectivity index (χ0v) is 10.6. The summed E-state index contributed by atoms with van der Waals surface area (Å²) in [7, 11) is 2.00. The van der Waals surface area contributed by atoms with Crippen molar-refractivity contribution in [1.82, 2.24) is 9.55 Å². The Morgan fingerprint density at radius 1 is 1.22 bits per heavy atom. The molecule has 0 saturated heterocycles. The van der Waals surface area contributed by atoms with Crippen LogP contribution in [0.5, 0.6) is 0 Å². The number of nitrogen functional groups attached to an aromatic ring is 1. The van der Waals surface area contributed by atoms with Gasteiger partial charge in [0.05, 0.1) is 17.6 Å². The fraction of sp³-hybridized carbons (Fsp3) is 0.0714. The lowest BCUT2D eigenvalue weighted by Crippen LogP contribution is -1.87. The van der Waals surface area contributed by atoms with Crippen LogP contribution in [0.2, 0.25) is 5.02 Å². The molecular formula is C14H12ClN3. The molecule has 4 heteroatoms. The largest absolute Gasteiger partial charge is 0.397 e. The molecule has 0 unspecified atom stereocenters. The van der Waals surface area contributed by atoms with Crippen molar-refractivity contribution in [2.75, 3.05) is 5.73 Å². The first-order valence-electron chi connectivity index (χ1n) is 5.61. The Hall–Kier alpha value is -2.00. The normalized spacial score (nSPS) is 11.0. The summed E-state index contributed by atoms with van der Waals surface area (Å²) >= 11 is 6.02. The average molecular weight is 258 g/mol. The van der Waals surface area contributed by atoms with Gasteiger partial charge in [-0.1, -0.05) is 17.7 Å². The molecule has 0 fully saturated rings. The molecule has 0 bridgehead atoms. The van der Waals surface area contributed by atoms with E-state index in [0.29, 0.717) is 5.69 Å². The van der Waals surface area contributed by atoms with E-state index in [4.69, 9.17) is 17.3 Å². The van der Waals surface area contributed by atoms with E-state index in [-0.39, 0.29) is 0 Å². The summed E-state index contributed by atoms with van der Waals surface area (Å²) in [6, 6.07) is 9.66. The topological polar surface area (TPSA) is 43.8 Å². The number of nitrogens with two attached hydrogens (primary N) is 1. The van der Waals surface area contributed by atoms with Crippen molar-refractivity contribution < 1.29 is 0 Å². The van der Waals surface area contributed by atoms with Gasteiger partial charge in [-0.2, -0.15) is 0 Å². The highest BCUT2D eigenvalue weighted by atomic mass is 35.5. The molecule has 2 N–H and O–H groups in total. The van der Waals surface area contributed by atoms with Gasteiger partial charge in [0.1, 0.15) is 0 Å². The van der Waals surface area contributed by atoms with Crippen molar-refractivity contribution in [2.45, 2.75) is 0 Å². The summed E-state index contributed by atoms with van der Waals surface area (Å²) in [4.78, 5) is 4.36. The lowest BCUT2D eigenvalue weighted by atomic mass is 10.1. The molecular weight excluding hydrogens is 246 g/mol. The molecule has 2 heterocycles. The van der Waals surface area contributed by atoms with Crippen molar-refractivity contribution in [1.29, 1.82) is 0 Å². The van der Waals surface area contributed by atoms with Gasteiger partial charge in [0, 0.05) is 34.7 Å². The number of rotatable bonds is 1. The molecule has 0 saturated carbocycles. The zero-order valence-electron chi connectivity index (χ0n) is 9.89. The summed E-state index contributed by atoms with van der Waals surface area (Å²) in [6.45, 7) is 0. The maximum Gasteiger partial charge on any atom is 0.0725 e. The number of hydrogen-bond acceptors (Lipinski definition) is 2. The molecule has 0 aliphatic heterocycles. The van der Waals surface area contributed by atoms with E-state index in [0.717, 1.165) is 27.2 Å². The number of hydrogen-bond donors (Lipinski definition) is 1. The Morgan fingerprint density at radius 2 is 2.06 bits per heavy atom. The number of nitrogens with zero attached hydrogens (tertiary/aromatic N) is 2. The second-order valence-electron chi connectivity index (χ2n) is 4.29. The van der Waals surface area contributed by atoms with Gasteiger partial charge >= 0.3 is 0 Å². The third-order valence-electron chi connectivity index (χ3n) is 3.01. The van der Waals surface area contributed by atoms with E-state index >= 15 is 0 Å². The van der Waals surface area contributed by atoms with Gasteiger partial charge in [-0.15, -0.1) is 0 Å². The Kier molecular flexibility index (Phi) is 2.49. The average Bonchev–Trinajstić information content (AvgIpc) is 2.68. The lowest BCUT2D eigenvalue weighted by Gasteiger charge is -1.99. The number of aryl methyl sites for hydroxylation is 1. The molecule has 0 radical (unpaired) electrons. The molecule has 0 aliphatic carbocycles. The first-order chi connectivity index (χ1) is 8.65. The van der Waals surface area contributed by atoms with Crippen molar-refractivity contribution in [2.24, 2.45) is 7.05 Å². The molecule has 1 aromatic carbocycles. The van der Waals surface area contributed by atoms with E-state index in [1.165, 1.54) is 0 Å². The molecule has 0 amide bonds. The van der Waals surface area contributed by atoms with E-state index < -0.39 is 0 Å². The van der Waals surface area contributed by atoms with Crippen LogP contribution < -0.4 is 5.73 Å². The SMILES string of the molecule is Cn1cc(-c2ccc(N)cn2)c2ccc(Cl)cc21. The monoisotopic (exact) mass is 257 g/mol. The van der Waals surface area contributed by atoms with E-state index in [2.05, 4.69) is 15.7 Å². The number of fused-ring (bicyclic) bond motifs is 1. The van der Waals surface area contributed by atoms with Crippen LogP contribution in [0.1, 0.15) is 0 Å². The molecule has 0 spiro atoms. The van der Waals surface area contributed by atoms with Crippen LogP contribution in [-0.2, 0) is 7.05 Å². The zero-order chi connectivity index (χ0) is 12.7. The van der Waals surface area contributed by atoms with Crippen LogP contribution in [0.25, 0.3) is 22.2 Å². The summed E-state index contributed by atoms with van der Waals surface area (Å²) in [5, 5.41) is 1.87. The Balaban J connectivity index is 2.26. The second kappa shape index (κ2) is 4.03. The number of pyridine rings is 1. The van der Waals surface area contributed by atoms with Gasteiger partial charge < -0.3 is 10.3 Å². The predicted octanol–water partition coefficient (Wildman–Crippen LogP) is 3.48. The van der Waals surface area contributed by atoms with Crippen LogP contribution in [0.15, 0.2) is 42.7 Å². The van der Waals surface area contributed by atoms with Gasteiger partial charge in [0.15, 0.2) is 0 Å². The quantitative estimate of drug-likeness (QED) is 0.725. The van der Waals surface area contributed by atoms with Gasteiger partial charge in [0.2, 0.25) is 0 Å². The van der Waals surface area contributed by atoms with Crippen molar-refractivity contribution in [3.8, 4) is 11.3 Å². The van der Waals surface area contributed by atoms with Crippen molar-refractivity contribution >= 4 is 28.2 Å². The Morgan fingerprint density at radius 3 is 2.78 bits per heavy atom. The number of benzene rings is 1. The van der Waals surface area contributed by atoms with Gasteiger partial charge in [0.25, 0.3) is 0 Å². The third-order valence-corrected chi connectivity index (χ3v) is 3.25. The van der Waals surface area contributed by atoms with E-state index in [1.54, 1.807) is 6.20 Å². The minimum absolute atomic E-state index is 0.669. The molecule has 18 heavy (non-hydrogen) atoms. The summed E-state index contributed by atoms with van der Waals surface area (Å²) in [5.74, 6) is 0. The molecule has 3 nitrogen and oxygen atoms in total. The molecule has 0 atom stereocenters. The highest BCUT2D eigenvalue weighted by Gasteiger charge is 2.09. The summed E-state index contributed by atoms with van der Waals surface area (Å²) in [5.41, 5.74) is 9.42.